The summed E-state index contributed by atoms with van der Waals surface area (Å²) in [6.07, 6.45) is 0. The molecule has 0 aromatic rings. The first kappa shape index (κ1) is 15.9. The van der Waals surface area contributed by atoms with E-state index in [0.717, 1.165) is 0 Å². The first-order chi connectivity index (χ1) is 2.00. The summed E-state index contributed by atoms with van der Waals surface area (Å²) in [4.78, 5) is 0. The summed E-state index contributed by atoms with van der Waals surface area (Å²) in [5, 5.41) is 0. The Kier molecular flexibility index (Phi) is 13.4. The Bertz CT molecular complexity index is 94.1. The molecular weight excluding hydrogens is 328 g/mol. The van der Waals surface area contributed by atoms with Crippen LogP contribution in [0.3, 0.4) is 0 Å². The Morgan fingerprint density at radius 2 is 1.29 bits per heavy atom. The van der Waals surface area contributed by atoms with E-state index in [-0.39, 0.29) is 44.8 Å². The maximum absolute atomic E-state index is 8.89. The second kappa shape index (κ2) is 5.90. The van der Waals surface area contributed by atoms with Crippen molar-refractivity contribution in [2.24, 2.45) is 0 Å². The van der Waals surface area contributed by atoms with Gasteiger partial charge < -0.3 is 9.11 Å². The monoisotopic (exact) mass is 326 g/mol. The van der Waals surface area contributed by atoms with Gasteiger partial charge >= 0.3 is 44.8 Å². The zero-order valence-corrected chi connectivity index (χ0v) is 7.24. The SMILES string of the molecule is O=S([O-])([O-])=S.[Ag+].[Ag+]. The van der Waals surface area contributed by atoms with Gasteiger partial charge in [0.25, 0.3) is 0 Å². The van der Waals surface area contributed by atoms with Crippen LogP contribution < -0.4 is 0 Å². The molecule has 0 saturated heterocycles. The van der Waals surface area contributed by atoms with Crippen LogP contribution in [0.4, 0.5) is 0 Å². The molecule has 7 heteroatoms. The van der Waals surface area contributed by atoms with E-state index in [1.807, 2.05) is 0 Å². The Balaban J connectivity index is -0.0000000800. The fraction of sp³-hybridized carbons (Fsp3) is 0. The quantitative estimate of drug-likeness (QED) is 0.535. The van der Waals surface area contributed by atoms with Gasteiger partial charge in [-0.2, -0.15) is 0 Å². The second-order valence-electron chi connectivity index (χ2n) is 0.408. The van der Waals surface area contributed by atoms with Crippen molar-refractivity contribution < 1.29 is 58.1 Å². The number of rotatable bonds is 0. The fourth-order valence-corrected chi connectivity index (χ4v) is 0. The van der Waals surface area contributed by atoms with Crippen molar-refractivity contribution in [2.45, 2.75) is 0 Å². The minimum Gasteiger partial charge on any atom is -0.780 e. The van der Waals surface area contributed by atoms with Crippen LogP contribution in [0.5, 0.6) is 0 Å². The van der Waals surface area contributed by atoms with Gasteiger partial charge in [0, 0.05) is 0 Å². The van der Waals surface area contributed by atoms with Crippen molar-refractivity contribution in [2.75, 3.05) is 0 Å². The molecule has 0 unspecified atom stereocenters. The van der Waals surface area contributed by atoms with Crippen molar-refractivity contribution in [1.29, 1.82) is 0 Å². The smallest absolute Gasteiger partial charge is 0.780 e. The van der Waals surface area contributed by atoms with Gasteiger partial charge in [-0.15, -0.1) is 9.05 Å². The molecule has 0 N–H and O–H groups in total. The van der Waals surface area contributed by atoms with Crippen LogP contribution >= 0.6 is 0 Å². The molecular formula is Ag2O3S2. The summed E-state index contributed by atoms with van der Waals surface area (Å²) in [5.74, 6) is 0. The van der Waals surface area contributed by atoms with Crippen molar-refractivity contribution in [3.05, 3.63) is 0 Å². The molecule has 0 fully saturated rings. The van der Waals surface area contributed by atoms with Gasteiger partial charge in [-0.1, -0.05) is 0 Å². The van der Waals surface area contributed by atoms with Gasteiger partial charge in [0.15, 0.2) is 0 Å². The zero-order chi connectivity index (χ0) is 4.50. The van der Waals surface area contributed by atoms with E-state index in [0.29, 0.717) is 0 Å². The van der Waals surface area contributed by atoms with Crippen LogP contribution in [0.15, 0.2) is 0 Å². The zero-order valence-electron chi connectivity index (χ0n) is 2.64. The minimum absolute atomic E-state index is 0. The molecule has 0 radical (unpaired) electrons. The molecule has 0 saturated carbocycles. The van der Waals surface area contributed by atoms with Gasteiger partial charge in [0.2, 0.25) is 0 Å². The molecule has 3 nitrogen and oxygen atoms in total. The van der Waals surface area contributed by atoms with Crippen LogP contribution in [0.1, 0.15) is 0 Å². The molecule has 0 aliphatic carbocycles. The summed E-state index contributed by atoms with van der Waals surface area (Å²) >= 11 is 3.24. The van der Waals surface area contributed by atoms with E-state index in [4.69, 9.17) is 13.3 Å². The van der Waals surface area contributed by atoms with E-state index in [1.165, 1.54) is 0 Å². The van der Waals surface area contributed by atoms with Gasteiger partial charge in [-0.05, 0) is 11.2 Å². The molecule has 0 aromatic carbocycles. The molecule has 7 heavy (non-hydrogen) atoms. The molecule has 0 amide bonds. The molecule has 52 valence electrons. The second-order valence-corrected chi connectivity index (χ2v) is 2.45. The Labute approximate surface area is 77.6 Å². The maximum atomic E-state index is 8.89. The maximum Gasteiger partial charge on any atom is 1.00 e. The van der Waals surface area contributed by atoms with Gasteiger partial charge in [-0.25, -0.2) is 0 Å². The first-order valence-electron chi connectivity index (χ1n) is 0.667. The van der Waals surface area contributed by atoms with E-state index in [2.05, 4.69) is 11.2 Å². The number of hydrogen-bond acceptors (Lipinski definition) is 4. The van der Waals surface area contributed by atoms with E-state index >= 15 is 0 Å². The van der Waals surface area contributed by atoms with Crippen LogP contribution in [0.25, 0.3) is 0 Å². The fourth-order valence-electron chi connectivity index (χ4n) is 0. The largest absolute Gasteiger partial charge is 1.00 e. The average Bonchev–Trinajstić information content (AvgIpc) is 0.722. The summed E-state index contributed by atoms with van der Waals surface area (Å²) in [6, 6.07) is 0. The van der Waals surface area contributed by atoms with Crippen molar-refractivity contribution in [3.63, 3.8) is 0 Å². The summed E-state index contributed by atoms with van der Waals surface area (Å²) in [6.45, 7) is 0. The van der Waals surface area contributed by atoms with E-state index in [9.17, 15) is 0 Å². The molecule has 0 aliphatic heterocycles. The molecule has 0 rings (SSSR count). The molecule has 0 aliphatic rings. The standard InChI is InChI=1S/2Ag.H2O3S2/c;;1-5(2,3)4/h;;(H2,1,2,3,4)/q2*+1;/p-2. The van der Waals surface area contributed by atoms with Gasteiger partial charge in [-0.3, -0.25) is 4.21 Å². The van der Waals surface area contributed by atoms with Crippen LogP contribution in [-0.2, 0) is 65.0 Å². The summed E-state index contributed by atoms with van der Waals surface area (Å²) in [7, 11) is -4.33. The topological polar surface area (TPSA) is 63.2 Å². The Morgan fingerprint density at radius 1 is 1.29 bits per heavy atom. The summed E-state index contributed by atoms with van der Waals surface area (Å²) < 4.78 is 26.7. The van der Waals surface area contributed by atoms with Gasteiger partial charge in [0.05, 0.1) is 0 Å². The molecule has 0 heterocycles. The van der Waals surface area contributed by atoms with E-state index < -0.39 is 9.05 Å². The summed E-state index contributed by atoms with van der Waals surface area (Å²) in [5.41, 5.74) is 0. The Morgan fingerprint density at radius 3 is 1.29 bits per heavy atom. The molecule has 0 bridgehead atoms. The predicted molar refractivity (Wildman–Crippen MR) is 17.1 cm³/mol. The molecule has 0 spiro atoms. The normalized spacial score (nSPS) is 8.29. The van der Waals surface area contributed by atoms with Crippen molar-refractivity contribution in [3.8, 4) is 0 Å². The third-order valence-electron chi connectivity index (χ3n) is 0. The van der Waals surface area contributed by atoms with Crippen LogP contribution in [0.2, 0.25) is 0 Å². The van der Waals surface area contributed by atoms with Crippen molar-refractivity contribution in [1.82, 2.24) is 0 Å². The van der Waals surface area contributed by atoms with Crippen LogP contribution in [-0.4, -0.2) is 13.3 Å². The van der Waals surface area contributed by atoms with Gasteiger partial charge in [0.1, 0.15) is 0 Å². The minimum atomic E-state index is -4.33. The Hall–Kier alpha value is 1.77. The first-order valence-corrected chi connectivity index (χ1v) is 3.00. The molecule has 0 atom stereocenters. The average molecular weight is 328 g/mol. The van der Waals surface area contributed by atoms with Crippen molar-refractivity contribution >= 4 is 20.2 Å². The number of hydrogen-bond donors (Lipinski definition) is 0. The van der Waals surface area contributed by atoms with Crippen LogP contribution in [0, 0.1) is 0 Å². The predicted octanol–water partition coefficient (Wildman–Crippen LogP) is -1.01. The molecule has 0 aromatic heterocycles. The van der Waals surface area contributed by atoms with E-state index in [1.54, 1.807) is 0 Å². The third kappa shape index (κ3) is 82.5. The third-order valence-corrected chi connectivity index (χ3v) is 0.